The van der Waals surface area contributed by atoms with Gasteiger partial charge in [0.1, 0.15) is 5.82 Å². The molecule has 2 N–H and O–H groups in total. The van der Waals surface area contributed by atoms with E-state index in [0.717, 1.165) is 55.7 Å². The number of likely N-dealkylation sites (tertiary alicyclic amines) is 1. The summed E-state index contributed by atoms with van der Waals surface area (Å²) in [5, 5.41) is 10.3. The molecule has 1 fully saturated rings. The molecule has 4 rings (SSSR count). The molecule has 1 aliphatic rings. The Bertz CT molecular complexity index is 963. The fraction of sp³-hybridized carbons (Fsp3) is 0.360. The summed E-state index contributed by atoms with van der Waals surface area (Å²) in [5.41, 5.74) is 4.40. The van der Waals surface area contributed by atoms with Crippen molar-refractivity contribution in [3.05, 3.63) is 77.7 Å². The highest BCUT2D eigenvalue weighted by atomic mass is 19.1. The zero-order valence-electron chi connectivity index (χ0n) is 17.7. The highest BCUT2D eigenvalue weighted by Gasteiger charge is 2.21. The summed E-state index contributed by atoms with van der Waals surface area (Å²) in [6, 6.07) is 16.6. The van der Waals surface area contributed by atoms with E-state index in [-0.39, 0.29) is 11.7 Å². The van der Waals surface area contributed by atoms with Gasteiger partial charge in [-0.3, -0.25) is 14.8 Å². The lowest BCUT2D eigenvalue weighted by atomic mass is 9.91. The Kier molecular flexibility index (Phi) is 7.10. The molecule has 0 aliphatic carbocycles. The number of carbonyl (C=O) groups is 1. The molecule has 2 aromatic carbocycles. The fourth-order valence-electron chi connectivity index (χ4n) is 4.19. The number of H-pyrrole nitrogens is 1. The normalized spacial score (nSPS) is 15.1. The molecular formula is C25H29FN4O. The SMILES string of the molecule is O=C(CCC1CCN(Cc2cn[nH]c2-c2ccccc2)CC1)NCc1ccc(F)cc1. The molecule has 5 nitrogen and oxygen atoms in total. The number of hydrogen-bond acceptors (Lipinski definition) is 3. The number of aromatic nitrogens is 2. The van der Waals surface area contributed by atoms with Gasteiger partial charge in [0.15, 0.2) is 0 Å². The van der Waals surface area contributed by atoms with Crippen LogP contribution in [0.2, 0.25) is 0 Å². The van der Waals surface area contributed by atoms with Crippen molar-refractivity contribution in [1.82, 2.24) is 20.4 Å². The second-order valence-corrected chi connectivity index (χ2v) is 8.30. The Morgan fingerprint density at radius 1 is 1.10 bits per heavy atom. The number of nitrogens with zero attached hydrogens (tertiary/aromatic N) is 2. The lowest BCUT2D eigenvalue weighted by Gasteiger charge is -2.31. The third-order valence-corrected chi connectivity index (χ3v) is 6.06. The van der Waals surface area contributed by atoms with Gasteiger partial charge in [-0.25, -0.2) is 4.39 Å². The predicted molar refractivity (Wildman–Crippen MR) is 120 cm³/mol. The smallest absolute Gasteiger partial charge is 0.220 e. The number of halogens is 1. The molecule has 3 aromatic rings. The summed E-state index contributed by atoms with van der Waals surface area (Å²) >= 11 is 0. The predicted octanol–water partition coefficient (Wildman–Crippen LogP) is 4.52. The molecule has 0 saturated carbocycles. The van der Waals surface area contributed by atoms with Crippen LogP contribution in [-0.2, 0) is 17.9 Å². The summed E-state index contributed by atoms with van der Waals surface area (Å²) in [6.07, 6.45) is 5.63. The van der Waals surface area contributed by atoms with Crippen LogP contribution in [0.5, 0.6) is 0 Å². The minimum Gasteiger partial charge on any atom is -0.352 e. The van der Waals surface area contributed by atoms with Gasteiger partial charge < -0.3 is 5.32 Å². The Hall–Kier alpha value is -2.99. The quantitative estimate of drug-likeness (QED) is 0.563. The molecule has 0 spiro atoms. The highest BCUT2D eigenvalue weighted by Crippen LogP contribution is 2.26. The lowest BCUT2D eigenvalue weighted by molar-refractivity contribution is -0.121. The van der Waals surface area contributed by atoms with E-state index in [1.54, 1.807) is 12.1 Å². The van der Waals surface area contributed by atoms with Crippen LogP contribution in [0, 0.1) is 11.7 Å². The van der Waals surface area contributed by atoms with Crippen LogP contribution in [0.4, 0.5) is 4.39 Å². The van der Waals surface area contributed by atoms with E-state index < -0.39 is 0 Å². The first-order valence-corrected chi connectivity index (χ1v) is 11.0. The standard InChI is InChI=1S/C25H29FN4O/c26-23-9-6-20(7-10-23)16-27-24(31)11-8-19-12-14-30(15-13-19)18-22-17-28-29-25(22)21-4-2-1-3-5-21/h1-7,9-10,17,19H,8,11-16,18H2,(H,27,31)(H,28,29). The van der Waals surface area contributed by atoms with E-state index in [0.29, 0.717) is 18.9 Å². The number of aromatic amines is 1. The largest absolute Gasteiger partial charge is 0.352 e. The zero-order chi connectivity index (χ0) is 21.5. The van der Waals surface area contributed by atoms with Crippen LogP contribution < -0.4 is 5.32 Å². The fourth-order valence-corrected chi connectivity index (χ4v) is 4.19. The van der Waals surface area contributed by atoms with Crippen molar-refractivity contribution < 1.29 is 9.18 Å². The topological polar surface area (TPSA) is 61.0 Å². The van der Waals surface area contributed by atoms with Crippen molar-refractivity contribution in [3.63, 3.8) is 0 Å². The van der Waals surface area contributed by atoms with Crippen LogP contribution in [0.15, 0.2) is 60.8 Å². The Labute approximate surface area is 182 Å². The number of amides is 1. The van der Waals surface area contributed by atoms with Crippen LogP contribution >= 0.6 is 0 Å². The van der Waals surface area contributed by atoms with E-state index in [4.69, 9.17) is 0 Å². The number of benzene rings is 2. The molecule has 31 heavy (non-hydrogen) atoms. The third-order valence-electron chi connectivity index (χ3n) is 6.06. The summed E-state index contributed by atoms with van der Waals surface area (Å²) < 4.78 is 12.9. The number of hydrogen-bond donors (Lipinski definition) is 2. The van der Waals surface area contributed by atoms with Crippen molar-refractivity contribution in [3.8, 4) is 11.3 Å². The van der Waals surface area contributed by atoms with Gasteiger partial charge in [0, 0.05) is 25.1 Å². The minimum atomic E-state index is -0.259. The number of rotatable bonds is 8. The molecule has 1 saturated heterocycles. The molecule has 1 amide bonds. The first-order valence-electron chi connectivity index (χ1n) is 11.0. The van der Waals surface area contributed by atoms with E-state index in [2.05, 4.69) is 32.5 Å². The summed E-state index contributed by atoms with van der Waals surface area (Å²) in [7, 11) is 0. The monoisotopic (exact) mass is 420 g/mol. The van der Waals surface area contributed by atoms with E-state index in [1.807, 2.05) is 24.4 Å². The first-order chi connectivity index (χ1) is 15.2. The number of piperidine rings is 1. The van der Waals surface area contributed by atoms with Gasteiger partial charge in [0.2, 0.25) is 5.91 Å². The molecule has 6 heteroatoms. The maximum Gasteiger partial charge on any atom is 0.220 e. The van der Waals surface area contributed by atoms with Crippen molar-refractivity contribution >= 4 is 5.91 Å². The maximum atomic E-state index is 12.9. The van der Waals surface area contributed by atoms with Crippen LogP contribution in [0.1, 0.15) is 36.8 Å². The highest BCUT2D eigenvalue weighted by molar-refractivity contribution is 5.75. The van der Waals surface area contributed by atoms with Gasteiger partial charge in [0.05, 0.1) is 11.9 Å². The van der Waals surface area contributed by atoms with Gasteiger partial charge in [-0.15, -0.1) is 0 Å². The molecule has 0 radical (unpaired) electrons. The molecule has 1 aromatic heterocycles. The molecule has 162 valence electrons. The summed E-state index contributed by atoms with van der Waals surface area (Å²) in [5.74, 6) is 0.397. The second kappa shape index (κ2) is 10.4. The first kappa shape index (κ1) is 21.2. The maximum absolute atomic E-state index is 12.9. The molecule has 1 aliphatic heterocycles. The molecule has 0 bridgehead atoms. The summed E-state index contributed by atoms with van der Waals surface area (Å²) in [6.45, 7) is 3.43. The van der Waals surface area contributed by atoms with Crippen LogP contribution in [-0.4, -0.2) is 34.1 Å². The van der Waals surface area contributed by atoms with Gasteiger partial charge in [-0.05, 0) is 61.5 Å². The van der Waals surface area contributed by atoms with Gasteiger partial charge in [-0.1, -0.05) is 42.5 Å². The van der Waals surface area contributed by atoms with Gasteiger partial charge >= 0.3 is 0 Å². The van der Waals surface area contributed by atoms with Crippen molar-refractivity contribution in [2.45, 2.75) is 38.8 Å². The minimum absolute atomic E-state index is 0.0673. The van der Waals surface area contributed by atoms with Crippen molar-refractivity contribution in [1.29, 1.82) is 0 Å². The molecule has 0 atom stereocenters. The van der Waals surface area contributed by atoms with Crippen molar-refractivity contribution in [2.24, 2.45) is 5.92 Å². The van der Waals surface area contributed by atoms with Crippen LogP contribution in [0.3, 0.4) is 0 Å². The number of nitrogens with one attached hydrogen (secondary N) is 2. The van der Waals surface area contributed by atoms with Gasteiger partial charge in [0.25, 0.3) is 0 Å². The molecule has 0 unspecified atom stereocenters. The third kappa shape index (κ3) is 6.01. The zero-order valence-corrected chi connectivity index (χ0v) is 17.7. The Morgan fingerprint density at radius 2 is 1.84 bits per heavy atom. The average Bonchev–Trinajstić information content (AvgIpc) is 3.27. The Morgan fingerprint density at radius 3 is 2.58 bits per heavy atom. The van der Waals surface area contributed by atoms with E-state index in [9.17, 15) is 9.18 Å². The lowest BCUT2D eigenvalue weighted by Crippen LogP contribution is -2.33. The second-order valence-electron chi connectivity index (χ2n) is 8.30. The van der Waals surface area contributed by atoms with Gasteiger partial charge in [-0.2, -0.15) is 5.10 Å². The van der Waals surface area contributed by atoms with Crippen molar-refractivity contribution in [2.75, 3.05) is 13.1 Å². The number of carbonyl (C=O) groups excluding carboxylic acids is 1. The summed E-state index contributed by atoms with van der Waals surface area (Å²) in [4.78, 5) is 14.6. The van der Waals surface area contributed by atoms with E-state index in [1.165, 1.54) is 17.7 Å². The molecular weight excluding hydrogens is 391 g/mol. The van der Waals surface area contributed by atoms with E-state index >= 15 is 0 Å². The Balaban J connectivity index is 1.18. The van der Waals surface area contributed by atoms with Crippen LogP contribution in [0.25, 0.3) is 11.3 Å². The average molecular weight is 421 g/mol. The molecule has 2 heterocycles.